The van der Waals surface area contributed by atoms with Crippen molar-refractivity contribution in [3.63, 3.8) is 0 Å². The Morgan fingerprint density at radius 2 is 2.17 bits per heavy atom. The molecular formula is C5H7ClFN5. The molecule has 0 bridgehead atoms. The van der Waals surface area contributed by atoms with E-state index >= 15 is 0 Å². The monoisotopic (exact) mass is 191 g/mol. The van der Waals surface area contributed by atoms with Crippen molar-refractivity contribution in [2.75, 3.05) is 5.43 Å². The lowest BCUT2D eigenvalue weighted by Gasteiger charge is -2.02. The molecule has 1 unspecified atom stereocenters. The van der Waals surface area contributed by atoms with E-state index in [1.165, 1.54) is 6.92 Å². The van der Waals surface area contributed by atoms with Gasteiger partial charge in [-0.3, -0.25) is 5.43 Å². The maximum absolute atomic E-state index is 12.7. The van der Waals surface area contributed by atoms with Crippen molar-refractivity contribution in [3.05, 3.63) is 11.1 Å². The number of nitrogens with one attached hydrogen (secondary N) is 1. The Bertz CT molecular complexity index is 279. The van der Waals surface area contributed by atoms with Crippen LogP contribution in [-0.4, -0.2) is 15.0 Å². The highest BCUT2D eigenvalue weighted by atomic mass is 35.5. The summed E-state index contributed by atoms with van der Waals surface area (Å²) in [5.74, 6) is 5.02. The van der Waals surface area contributed by atoms with Crippen molar-refractivity contribution in [1.29, 1.82) is 0 Å². The van der Waals surface area contributed by atoms with Crippen LogP contribution in [-0.2, 0) is 0 Å². The average molecular weight is 192 g/mol. The SMILES string of the molecule is CC(F)c1nc(Cl)nc(NN)n1. The van der Waals surface area contributed by atoms with E-state index < -0.39 is 6.17 Å². The third kappa shape index (κ3) is 1.99. The van der Waals surface area contributed by atoms with Crippen molar-refractivity contribution in [1.82, 2.24) is 15.0 Å². The number of hydrogen-bond acceptors (Lipinski definition) is 5. The van der Waals surface area contributed by atoms with Crippen LogP contribution in [0.5, 0.6) is 0 Å². The topological polar surface area (TPSA) is 76.7 Å². The van der Waals surface area contributed by atoms with E-state index in [-0.39, 0.29) is 17.1 Å². The van der Waals surface area contributed by atoms with Gasteiger partial charge in [0, 0.05) is 0 Å². The minimum Gasteiger partial charge on any atom is -0.292 e. The summed E-state index contributed by atoms with van der Waals surface area (Å²) in [4.78, 5) is 10.8. The van der Waals surface area contributed by atoms with Crippen molar-refractivity contribution in [2.24, 2.45) is 5.84 Å². The first-order chi connectivity index (χ1) is 5.63. The fourth-order valence-corrected chi connectivity index (χ4v) is 0.775. The number of hydrogen-bond donors (Lipinski definition) is 2. The molecule has 7 heteroatoms. The highest BCUT2D eigenvalue weighted by Gasteiger charge is 2.09. The fourth-order valence-electron chi connectivity index (χ4n) is 0.608. The van der Waals surface area contributed by atoms with Crippen LogP contribution >= 0.6 is 11.6 Å². The smallest absolute Gasteiger partial charge is 0.241 e. The zero-order valence-electron chi connectivity index (χ0n) is 6.25. The summed E-state index contributed by atoms with van der Waals surface area (Å²) in [5.41, 5.74) is 2.15. The summed E-state index contributed by atoms with van der Waals surface area (Å²) in [6.07, 6.45) is -1.29. The first-order valence-electron chi connectivity index (χ1n) is 3.15. The Kier molecular flexibility index (Phi) is 2.72. The number of nitrogens with zero attached hydrogens (tertiary/aromatic N) is 3. The molecule has 0 aromatic carbocycles. The summed E-state index contributed by atoms with van der Waals surface area (Å²) >= 11 is 5.45. The van der Waals surface area contributed by atoms with Crippen LogP contribution in [0.3, 0.4) is 0 Å². The second kappa shape index (κ2) is 3.59. The van der Waals surface area contributed by atoms with Crippen molar-refractivity contribution < 1.29 is 4.39 Å². The van der Waals surface area contributed by atoms with Gasteiger partial charge in [-0.05, 0) is 18.5 Å². The zero-order valence-corrected chi connectivity index (χ0v) is 7.01. The molecule has 0 saturated carbocycles. The van der Waals surface area contributed by atoms with Crippen molar-refractivity contribution >= 4 is 17.5 Å². The van der Waals surface area contributed by atoms with Gasteiger partial charge >= 0.3 is 0 Å². The van der Waals surface area contributed by atoms with Gasteiger partial charge in [0.1, 0.15) is 0 Å². The van der Waals surface area contributed by atoms with E-state index in [1.54, 1.807) is 0 Å². The summed E-state index contributed by atoms with van der Waals surface area (Å²) in [6, 6.07) is 0. The number of aromatic nitrogens is 3. The van der Waals surface area contributed by atoms with Crippen LogP contribution in [0.1, 0.15) is 18.9 Å². The summed E-state index contributed by atoms with van der Waals surface area (Å²) < 4.78 is 12.7. The van der Waals surface area contributed by atoms with E-state index in [0.29, 0.717) is 0 Å². The standard InChI is InChI=1S/C5H7ClFN5/c1-2(7)3-9-4(6)11-5(10-3)12-8/h2H,8H2,1H3,(H,9,10,11,12). The summed E-state index contributed by atoms with van der Waals surface area (Å²) in [6.45, 7) is 1.30. The molecule has 3 N–H and O–H groups in total. The molecule has 0 aliphatic carbocycles. The molecule has 0 aliphatic rings. The number of nitrogens with two attached hydrogens (primary N) is 1. The first-order valence-corrected chi connectivity index (χ1v) is 3.53. The number of alkyl halides is 1. The van der Waals surface area contributed by atoms with Crippen LogP contribution in [0.25, 0.3) is 0 Å². The molecule has 1 atom stereocenters. The van der Waals surface area contributed by atoms with Gasteiger partial charge in [-0.25, -0.2) is 10.2 Å². The van der Waals surface area contributed by atoms with E-state index in [4.69, 9.17) is 17.4 Å². The Morgan fingerprint density at radius 3 is 2.67 bits per heavy atom. The van der Waals surface area contributed by atoms with E-state index in [2.05, 4.69) is 20.4 Å². The molecule has 0 fully saturated rings. The van der Waals surface area contributed by atoms with Crippen molar-refractivity contribution in [2.45, 2.75) is 13.1 Å². The molecule has 0 radical (unpaired) electrons. The zero-order chi connectivity index (χ0) is 9.14. The largest absolute Gasteiger partial charge is 0.292 e. The number of rotatable bonds is 2. The minimum absolute atomic E-state index is 0.0389. The maximum Gasteiger partial charge on any atom is 0.241 e. The highest BCUT2D eigenvalue weighted by molar-refractivity contribution is 6.28. The normalized spacial score (nSPS) is 12.7. The number of nitrogen functional groups attached to an aromatic ring is 1. The third-order valence-electron chi connectivity index (χ3n) is 1.11. The van der Waals surface area contributed by atoms with Gasteiger partial charge < -0.3 is 0 Å². The van der Waals surface area contributed by atoms with Crippen molar-refractivity contribution in [3.8, 4) is 0 Å². The van der Waals surface area contributed by atoms with Gasteiger partial charge in [0.05, 0.1) is 0 Å². The van der Waals surface area contributed by atoms with Gasteiger partial charge in [0.15, 0.2) is 12.0 Å². The van der Waals surface area contributed by atoms with Gasteiger partial charge in [-0.2, -0.15) is 15.0 Å². The lowest BCUT2D eigenvalue weighted by atomic mass is 10.4. The molecule has 12 heavy (non-hydrogen) atoms. The Morgan fingerprint density at radius 1 is 1.50 bits per heavy atom. The van der Waals surface area contributed by atoms with Crippen LogP contribution in [0, 0.1) is 0 Å². The molecule has 1 heterocycles. The Balaban J connectivity index is 3.06. The van der Waals surface area contributed by atoms with E-state index in [1.807, 2.05) is 0 Å². The maximum atomic E-state index is 12.7. The molecule has 0 saturated heterocycles. The molecule has 1 aromatic rings. The van der Waals surface area contributed by atoms with Gasteiger partial charge in [0.25, 0.3) is 0 Å². The second-order valence-corrected chi connectivity index (χ2v) is 2.38. The number of halogens is 2. The predicted octanol–water partition coefficient (Wildman–Crippen LogP) is 0.841. The van der Waals surface area contributed by atoms with Crippen LogP contribution in [0.4, 0.5) is 10.3 Å². The average Bonchev–Trinajstić information content (AvgIpc) is 2.03. The molecule has 0 amide bonds. The van der Waals surface area contributed by atoms with Crippen LogP contribution in [0.15, 0.2) is 0 Å². The quantitative estimate of drug-likeness (QED) is 0.535. The molecular weight excluding hydrogens is 185 g/mol. The fraction of sp³-hybridized carbons (Fsp3) is 0.400. The highest BCUT2D eigenvalue weighted by Crippen LogP contribution is 2.14. The third-order valence-corrected chi connectivity index (χ3v) is 1.28. The summed E-state index contributed by atoms with van der Waals surface area (Å²) in [5, 5.41) is -0.0857. The van der Waals surface area contributed by atoms with Crippen LogP contribution in [0.2, 0.25) is 5.28 Å². The van der Waals surface area contributed by atoms with Gasteiger partial charge in [-0.1, -0.05) is 0 Å². The molecule has 1 rings (SSSR count). The summed E-state index contributed by atoms with van der Waals surface area (Å²) in [7, 11) is 0. The van der Waals surface area contributed by atoms with Gasteiger partial charge in [0.2, 0.25) is 11.2 Å². The van der Waals surface area contributed by atoms with E-state index in [9.17, 15) is 4.39 Å². The predicted molar refractivity (Wildman–Crippen MR) is 42.2 cm³/mol. The lowest BCUT2D eigenvalue weighted by Crippen LogP contribution is -2.13. The molecule has 0 spiro atoms. The molecule has 66 valence electrons. The lowest BCUT2D eigenvalue weighted by molar-refractivity contribution is 0.356. The molecule has 0 aliphatic heterocycles. The number of anilines is 1. The Hall–Kier alpha value is -1.01. The van der Waals surface area contributed by atoms with E-state index in [0.717, 1.165) is 0 Å². The second-order valence-electron chi connectivity index (χ2n) is 2.05. The van der Waals surface area contributed by atoms with Crippen LogP contribution < -0.4 is 11.3 Å². The minimum atomic E-state index is -1.29. The molecule has 5 nitrogen and oxygen atoms in total. The molecule has 1 aromatic heterocycles. The van der Waals surface area contributed by atoms with Gasteiger partial charge in [-0.15, -0.1) is 0 Å². The number of hydrazine groups is 1. The first kappa shape index (κ1) is 9.08. The Labute approximate surface area is 73.1 Å².